The highest BCUT2D eigenvalue weighted by Crippen LogP contribution is 2.40. The van der Waals surface area contributed by atoms with Gasteiger partial charge < -0.3 is 10.5 Å². The van der Waals surface area contributed by atoms with Gasteiger partial charge in [-0.15, -0.1) is 0 Å². The molecule has 2 atom stereocenters. The minimum Gasteiger partial charge on any atom is -0.487 e. The van der Waals surface area contributed by atoms with Crippen LogP contribution in [0.1, 0.15) is 43.9 Å². The van der Waals surface area contributed by atoms with Crippen molar-refractivity contribution in [2.45, 2.75) is 45.3 Å². The molecule has 0 bridgehead atoms. The Morgan fingerprint density at radius 3 is 2.93 bits per heavy atom. The lowest BCUT2D eigenvalue weighted by atomic mass is 9.87. The van der Waals surface area contributed by atoms with E-state index in [1.165, 1.54) is 5.56 Å². The first-order valence-corrected chi connectivity index (χ1v) is 5.59. The third kappa shape index (κ3) is 1.86. The first kappa shape index (κ1) is 10.5. The van der Waals surface area contributed by atoms with Crippen LogP contribution in [0.25, 0.3) is 0 Å². The van der Waals surface area contributed by atoms with Gasteiger partial charge >= 0.3 is 0 Å². The summed E-state index contributed by atoms with van der Waals surface area (Å²) in [6.07, 6.45) is 1.90. The van der Waals surface area contributed by atoms with Gasteiger partial charge in [0.15, 0.2) is 0 Å². The Labute approximate surface area is 91.4 Å². The van der Waals surface area contributed by atoms with E-state index in [-0.39, 0.29) is 11.6 Å². The van der Waals surface area contributed by atoms with E-state index in [0.29, 0.717) is 0 Å². The molecule has 82 valence electrons. The molecule has 0 amide bonds. The summed E-state index contributed by atoms with van der Waals surface area (Å²) >= 11 is 0. The summed E-state index contributed by atoms with van der Waals surface area (Å²) in [5.74, 6) is 0.970. The molecular weight excluding hydrogens is 186 g/mol. The number of aryl methyl sites for hydroxylation is 1. The fraction of sp³-hybridized carbons (Fsp3) is 0.538. The van der Waals surface area contributed by atoms with Crippen molar-refractivity contribution in [2.75, 3.05) is 0 Å². The number of rotatable bonds is 1. The number of hydrogen-bond donors (Lipinski definition) is 1. The third-order valence-corrected chi connectivity index (χ3v) is 3.32. The summed E-state index contributed by atoms with van der Waals surface area (Å²) in [6.45, 7) is 6.36. The molecule has 15 heavy (non-hydrogen) atoms. The van der Waals surface area contributed by atoms with Crippen LogP contribution in [0.5, 0.6) is 5.75 Å². The van der Waals surface area contributed by atoms with Crippen molar-refractivity contribution in [3.63, 3.8) is 0 Å². The van der Waals surface area contributed by atoms with Crippen LogP contribution >= 0.6 is 0 Å². The van der Waals surface area contributed by atoms with Crippen molar-refractivity contribution in [2.24, 2.45) is 5.73 Å². The molecule has 0 fully saturated rings. The van der Waals surface area contributed by atoms with Gasteiger partial charge in [-0.3, -0.25) is 0 Å². The van der Waals surface area contributed by atoms with Gasteiger partial charge in [0.25, 0.3) is 0 Å². The highest BCUT2D eigenvalue weighted by atomic mass is 16.5. The highest BCUT2D eigenvalue weighted by Gasteiger charge is 2.34. The number of fused-ring (bicyclic) bond motifs is 1. The average Bonchev–Trinajstić information content (AvgIpc) is 2.16. The summed E-state index contributed by atoms with van der Waals surface area (Å²) in [4.78, 5) is 0. The molecule has 0 saturated carbocycles. The van der Waals surface area contributed by atoms with Crippen LogP contribution in [0.4, 0.5) is 0 Å². The van der Waals surface area contributed by atoms with E-state index in [1.807, 2.05) is 0 Å². The Morgan fingerprint density at radius 2 is 2.27 bits per heavy atom. The Balaban J connectivity index is 2.41. The maximum absolute atomic E-state index is 6.17. The zero-order chi connectivity index (χ0) is 11.1. The molecule has 1 aromatic rings. The van der Waals surface area contributed by atoms with Crippen LogP contribution in [0.15, 0.2) is 18.2 Å². The summed E-state index contributed by atoms with van der Waals surface area (Å²) in [6, 6.07) is 6.38. The molecule has 0 radical (unpaired) electrons. The minimum atomic E-state index is -0.0970. The van der Waals surface area contributed by atoms with Crippen LogP contribution in [-0.4, -0.2) is 5.60 Å². The predicted octanol–water partition coefficient (Wildman–Crippen LogP) is 2.95. The Hall–Kier alpha value is -1.02. The van der Waals surface area contributed by atoms with E-state index in [0.717, 1.165) is 24.2 Å². The van der Waals surface area contributed by atoms with Crippen LogP contribution < -0.4 is 10.5 Å². The lowest BCUT2D eigenvalue weighted by molar-refractivity contribution is 0.0502. The normalized spacial score (nSPS) is 29.5. The Morgan fingerprint density at radius 1 is 1.53 bits per heavy atom. The number of ether oxygens (including phenoxy) is 1. The number of hydrogen-bond acceptors (Lipinski definition) is 2. The molecule has 1 aromatic carbocycles. The van der Waals surface area contributed by atoms with Gasteiger partial charge in [-0.2, -0.15) is 0 Å². The quantitative estimate of drug-likeness (QED) is 0.765. The van der Waals surface area contributed by atoms with E-state index >= 15 is 0 Å². The SMILES string of the molecule is CCC1(C)CC(N)c2ccc(C)cc2O1. The van der Waals surface area contributed by atoms with Gasteiger partial charge in [0.05, 0.1) is 0 Å². The van der Waals surface area contributed by atoms with Gasteiger partial charge in [0.1, 0.15) is 11.4 Å². The van der Waals surface area contributed by atoms with Gasteiger partial charge in [-0.25, -0.2) is 0 Å². The van der Waals surface area contributed by atoms with Crippen molar-refractivity contribution in [3.05, 3.63) is 29.3 Å². The fourth-order valence-electron chi connectivity index (χ4n) is 2.14. The van der Waals surface area contributed by atoms with Gasteiger partial charge in [0, 0.05) is 18.0 Å². The standard InChI is InChI=1S/C13H19NO/c1-4-13(3)8-11(14)10-6-5-9(2)7-12(10)15-13/h5-7,11H,4,8,14H2,1-3H3. The molecule has 2 heteroatoms. The number of benzene rings is 1. The van der Waals surface area contributed by atoms with Crippen LogP contribution in [0, 0.1) is 6.92 Å². The maximum Gasteiger partial charge on any atom is 0.125 e. The number of nitrogens with two attached hydrogens (primary N) is 1. The molecule has 0 aromatic heterocycles. The molecule has 1 aliphatic heterocycles. The van der Waals surface area contributed by atoms with Gasteiger partial charge in [-0.05, 0) is 31.9 Å². The van der Waals surface area contributed by atoms with E-state index in [1.54, 1.807) is 0 Å². The molecule has 2 nitrogen and oxygen atoms in total. The van der Waals surface area contributed by atoms with Crippen molar-refractivity contribution >= 4 is 0 Å². The van der Waals surface area contributed by atoms with Crippen molar-refractivity contribution in [3.8, 4) is 5.75 Å². The van der Waals surface area contributed by atoms with Crippen molar-refractivity contribution < 1.29 is 4.74 Å². The summed E-state index contributed by atoms with van der Waals surface area (Å²) < 4.78 is 6.04. The van der Waals surface area contributed by atoms with Gasteiger partial charge in [-0.1, -0.05) is 19.1 Å². The molecule has 1 aliphatic rings. The average molecular weight is 205 g/mol. The van der Waals surface area contributed by atoms with Crippen LogP contribution in [0.2, 0.25) is 0 Å². The molecule has 0 spiro atoms. The van der Waals surface area contributed by atoms with E-state index in [9.17, 15) is 0 Å². The van der Waals surface area contributed by atoms with Crippen LogP contribution in [-0.2, 0) is 0 Å². The fourth-order valence-corrected chi connectivity index (χ4v) is 2.14. The third-order valence-electron chi connectivity index (χ3n) is 3.32. The molecule has 2 unspecified atom stereocenters. The van der Waals surface area contributed by atoms with Crippen molar-refractivity contribution in [1.29, 1.82) is 0 Å². The van der Waals surface area contributed by atoms with E-state index in [2.05, 4.69) is 39.0 Å². The Bertz CT molecular complexity index is 375. The second-order valence-electron chi connectivity index (χ2n) is 4.76. The highest BCUT2D eigenvalue weighted by molar-refractivity contribution is 5.41. The molecule has 0 aliphatic carbocycles. The first-order chi connectivity index (χ1) is 7.04. The topological polar surface area (TPSA) is 35.2 Å². The maximum atomic E-state index is 6.17. The monoisotopic (exact) mass is 205 g/mol. The van der Waals surface area contributed by atoms with Gasteiger partial charge in [0.2, 0.25) is 0 Å². The van der Waals surface area contributed by atoms with Crippen LogP contribution in [0.3, 0.4) is 0 Å². The lowest BCUT2D eigenvalue weighted by Crippen LogP contribution is -2.39. The predicted molar refractivity (Wildman–Crippen MR) is 62.0 cm³/mol. The van der Waals surface area contributed by atoms with E-state index < -0.39 is 0 Å². The molecule has 0 saturated heterocycles. The lowest BCUT2D eigenvalue weighted by Gasteiger charge is -2.38. The largest absolute Gasteiger partial charge is 0.487 e. The van der Waals surface area contributed by atoms with Crippen molar-refractivity contribution in [1.82, 2.24) is 0 Å². The summed E-state index contributed by atoms with van der Waals surface area (Å²) in [7, 11) is 0. The summed E-state index contributed by atoms with van der Waals surface area (Å²) in [5.41, 5.74) is 8.44. The molecule has 1 heterocycles. The zero-order valence-electron chi connectivity index (χ0n) is 9.71. The second kappa shape index (κ2) is 3.53. The minimum absolute atomic E-state index is 0.0970. The summed E-state index contributed by atoms with van der Waals surface area (Å²) in [5, 5.41) is 0. The molecular formula is C13H19NO. The zero-order valence-corrected chi connectivity index (χ0v) is 9.71. The smallest absolute Gasteiger partial charge is 0.125 e. The molecule has 2 N–H and O–H groups in total. The van der Waals surface area contributed by atoms with E-state index in [4.69, 9.17) is 10.5 Å². The molecule has 2 rings (SSSR count). The first-order valence-electron chi connectivity index (χ1n) is 5.59. The Kier molecular flexibility index (Phi) is 2.47. The second-order valence-corrected chi connectivity index (χ2v) is 4.76.